The minimum atomic E-state index is -0.675. The fourth-order valence-corrected chi connectivity index (χ4v) is 3.81. The first-order chi connectivity index (χ1) is 10.3. The molecule has 1 aliphatic carbocycles. The third-order valence-electron chi connectivity index (χ3n) is 3.43. The second-order valence-electron chi connectivity index (χ2n) is 4.62. The lowest BCUT2D eigenvalue weighted by Gasteiger charge is -2.20. The summed E-state index contributed by atoms with van der Waals surface area (Å²) in [4.78, 5) is 35.8. The number of anilines is 1. The predicted octanol–water partition coefficient (Wildman–Crippen LogP) is 3.48. The quantitative estimate of drug-likeness (QED) is 0.365. The Morgan fingerprint density at radius 1 is 1.00 bits per heavy atom. The lowest BCUT2D eigenvalue weighted by Crippen LogP contribution is -2.24. The van der Waals surface area contributed by atoms with Gasteiger partial charge in [0.05, 0.1) is 21.7 Å². The summed E-state index contributed by atoms with van der Waals surface area (Å²) >= 11 is 6.44. The number of rotatable bonds is 1. The number of nitrogens with two attached hydrogens (primary N) is 1. The SMILES string of the molecule is Nc1c(Br)cc(Br)c2c1C(=O)c1cccc([N+](=O)[O-])c1C2=O. The molecule has 0 fully saturated rings. The Morgan fingerprint density at radius 3 is 2.32 bits per heavy atom. The van der Waals surface area contributed by atoms with E-state index in [0.717, 1.165) is 0 Å². The van der Waals surface area contributed by atoms with Gasteiger partial charge in [0.15, 0.2) is 5.78 Å². The second kappa shape index (κ2) is 4.99. The molecular weight excluding hydrogens is 420 g/mol. The summed E-state index contributed by atoms with van der Waals surface area (Å²) in [5.74, 6) is -1.10. The molecule has 2 aromatic carbocycles. The van der Waals surface area contributed by atoms with Crippen molar-refractivity contribution in [1.29, 1.82) is 0 Å². The van der Waals surface area contributed by atoms with Crippen molar-refractivity contribution in [2.75, 3.05) is 5.73 Å². The van der Waals surface area contributed by atoms with E-state index in [1.807, 2.05) is 0 Å². The summed E-state index contributed by atoms with van der Waals surface area (Å²) in [6.07, 6.45) is 0. The van der Waals surface area contributed by atoms with Gasteiger partial charge >= 0.3 is 0 Å². The molecule has 0 atom stereocenters. The van der Waals surface area contributed by atoms with Gasteiger partial charge in [-0.3, -0.25) is 19.7 Å². The van der Waals surface area contributed by atoms with E-state index in [4.69, 9.17) is 5.73 Å². The number of nitrogen functional groups attached to an aromatic ring is 1. The first-order valence-electron chi connectivity index (χ1n) is 5.99. The van der Waals surface area contributed by atoms with Crippen LogP contribution in [0.1, 0.15) is 31.8 Å². The standard InChI is InChI=1S/C14H6Br2N2O4/c15-6-4-7(16)12(17)11-10(6)14(20)9-5(13(11)19)2-1-3-8(9)18(21)22/h1-4H,17H2. The molecule has 0 bridgehead atoms. The van der Waals surface area contributed by atoms with Gasteiger partial charge in [-0.05, 0) is 44.0 Å². The summed E-state index contributed by atoms with van der Waals surface area (Å²) in [7, 11) is 0. The number of nitro benzene ring substituents is 1. The van der Waals surface area contributed by atoms with Crippen LogP contribution in [0.4, 0.5) is 11.4 Å². The fourth-order valence-electron chi connectivity index (χ4n) is 2.47. The fraction of sp³-hybridized carbons (Fsp3) is 0. The van der Waals surface area contributed by atoms with Crippen molar-refractivity contribution >= 4 is 54.8 Å². The van der Waals surface area contributed by atoms with Gasteiger partial charge in [0.25, 0.3) is 5.69 Å². The van der Waals surface area contributed by atoms with Crippen LogP contribution in [0.2, 0.25) is 0 Å². The summed E-state index contributed by atoms with van der Waals surface area (Å²) in [6, 6.07) is 5.50. The lowest BCUT2D eigenvalue weighted by atomic mass is 9.82. The van der Waals surface area contributed by atoms with Crippen molar-refractivity contribution < 1.29 is 14.5 Å². The Labute approximate surface area is 140 Å². The van der Waals surface area contributed by atoms with Crippen LogP contribution in [-0.2, 0) is 0 Å². The van der Waals surface area contributed by atoms with Crippen LogP contribution in [-0.4, -0.2) is 16.5 Å². The molecule has 1 aliphatic rings. The Morgan fingerprint density at radius 2 is 1.68 bits per heavy atom. The molecule has 2 aromatic rings. The van der Waals surface area contributed by atoms with Crippen LogP contribution >= 0.6 is 31.9 Å². The van der Waals surface area contributed by atoms with Crippen LogP contribution in [0.5, 0.6) is 0 Å². The number of carbonyl (C=O) groups is 2. The van der Waals surface area contributed by atoms with E-state index in [9.17, 15) is 19.7 Å². The summed E-state index contributed by atoms with van der Waals surface area (Å²) in [6.45, 7) is 0. The zero-order valence-corrected chi connectivity index (χ0v) is 13.9. The van der Waals surface area contributed by atoms with Crippen LogP contribution in [0, 0.1) is 10.1 Å². The molecule has 0 spiro atoms. The first kappa shape index (κ1) is 14.9. The zero-order valence-electron chi connectivity index (χ0n) is 10.7. The van der Waals surface area contributed by atoms with Crippen LogP contribution < -0.4 is 5.73 Å². The average Bonchev–Trinajstić information content (AvgIpc) is 2.47. The second-order valence-corrected chi connectivity index (χ2v) is 6.33. The monoisotopic (exact) mass is 424 g/mol. The minimum absolute atomic E-state index is 0.0107. The highest BCUT2D eigenvalue weighted by Gasteiger charge is 2.38. The van der Waals surface area contributed by atoms with E-state index in [1.54, 1.807) is 6.07 Å². The van der Waals surface area contributed by atoms with Crippen molar-refractivity contribution in [3.63, 3.8) is 0 Å². The van der Waals surface area contributed by atoms with Crippen LogP contribution in [0.3, 0.4) is 0 Å². The molecule has 0 saturated carbocycles. The maximum Gasteiger partial charge on any atom is 0.281 e. The van der Waals surface area contributed by atoms with Gasteiger partial charge in [0.2, 0.25) is 5.78 Å². The Kier molecular flexibility index (Phi) is 3.37. The van der Waals surface area contributed by atoms with Gasteiger partial charge in [0, 0.05) is 20.6 Å². The largest absolute Gasteiger partial charge is 0.397 e. The molecular formula is C14H6Br2N2O4. The van der Waals surface area contributed by atoms with Crippen LogP contribution in [0.25, 0.3) is 0 Å². The number of halogens is 2. The summed E-state index contributed by atoms with van der Waals surface area (Å²) in [5.41, 5.74) is 5.54. The van der Waals surface area contributed by atoms with Gasteiger partial charge in [-0.15, -0.1) is 0 Å². The molecule has 3 rings (SSSR count). The number of carbonyl (C=O) groups excluding carboxylic acids is 2. The van der Waals surface area contributed by atoms with Gasteiger partial charge in [0.1, 0.15) is 5.56 Å². The number of hydrogen-bond donors (Lipinski definition) is 1. The number of ketones is 2. The van der Waals surface area contributed by atoms with E-state index in [0.29, 0.717) is 8.95 Å². The normalized spacial score (nSPS) is 12.8. The minimum Gasteiger partial charge on any atom is -0.397 e. The van der Waals surface area contributed by atoms with Gasteiger partial charge < -0.3 is 5.73 Å². The number of hydrogen-bond acceptors (Lipinski definition) is 5. The number of fused-ring (bicyclic) bond motifs is 2. The van der Waals surface area contributed by atoms with Crippen LogP contribution in [0.15, 0.2) is 33.2 Å². The average molecular weight is 426 g/mol. The zero-order chi connectivity index (χ0) is 16.2. The van der Waals surface area contributed by atoms with Gasteiger partial charge in [-0.1, -0.05) is 6.07 Å². The highest BCUT2D eigenvalue weighted by Crippen LogP contribution is 2.41. The number of nitro groups is 1. The third-order valence-corrected chi connectivity index (χ3v) is 4.72. The maximum atomic E-state index is 12.7. The van der Waals surface area contributed by atoms with E-state index >= 15 is 0 Å². The molecule has 6 nitrogen and oxygen atoms in total. The van der Waals surface area contributed by atoms with E-state index in [-0.39, 0.29) is 27.9 Å². The van der Waals surface area contributed by atoms with Crippen molar-refractivity contribution in [3.05, 3.63) is 65.6 Å². The lowest BCUT2D eigenvalue weighted by molar-refractivity contribution is -0.385. The molecule has 110 valence electrons. The maximum absolute atomic E-state index is 12.7. The van der Waals surface area contributed by atoms with E-state index < -0.39 is 22.2 Å². The van der Waals surface area contributed by atoms with Crippen molar-refractivity contribution in [2.24, 2.45) is 0 Å². The van der Waals surface area contributed by atoms with Crippen molar-refractivity contribution in [3.8, 4) is 0 Å². The highest BCUT2D eigenvalue weighted by molar-refractivity contribution is 9.11. The molecule has 0 aromatic heterocycles. The topological polar surface area (TPSA) is 103 Å². The molecule has 22 heavy (non-hydrogen) atoms. The first-order valence-corrected chi connectivity index (χ1v) is 7.57. The molecule has 0 unspecified atom stereocenters. The van der Waals surface area contributed by atoms with Crippen molar-refractivity contribution in [2.45, 2.75) is 0 Å². The Hall–Kier alpha value is -2.06. The predicted molar refractivity (Wildman–Crippen MR) is 86.2 cm³/mol. The van der Waals surface area contributed by atoms with E-state index in [1.165, 1.54) is 18.2 Å². The molecule has 2 N–H and O–H groups in total. The molecule has 0 aliphatic heterocycles. The summed E-state index contributed by atoms with van der Waals surface area (Å²) in [5, 5.41) is 11.1. The highest BCUT2D eigenvalue weighted by atomic mass is 79.9. The molecule has 0 amide bonds. The number of benzene rings is 2. The molecule has 0 saturated heterocycles. The van der Waals surface area contributed by atoms with Gasteiger partial charge in [-0.25, -0.2) is 0 Å². The van der Waals surface area contributed by atoms with Gasteiger partial charge in [-0.2, -0.15) is 0 Å². The number of nitrogens with zero attached hydrogens (tertiary/aromatic N) is 1. The Bertz CT molecular complexity index is 893. The Balaban J connectivity index is 2.43. The molecule has 8 heteroatoms. The molecule has 0 radical (unpaired) electrons. The summed E-state index contributed by atoms with van der Waals surface area (Å²) < 4.78 is 0.818. The smallest absolute Gasteiger partial charge is 0.281 e. The van der Waals surface area contributed by atoms with Crippen molar-refractivity contribution in [1.82, 2.24) is 0 Å². The third kappa shape index (κ3) is 1.91. The molecule has 0 heterocycles. The van der Waals surface area contributed by atoms with E-state index in [2.05, 4.69) is 31.9 Å².